The lowest BCUT2D eigenvalue weighted by atomic mass is 9.95. The minimum atomic E-state index is -2.81. The molecule has 0 bridgehead atoms. The van der Waals surface area contributed by atoms with Crippen molar-refractivity contribution in [2.45, 2.75) is 25.7 Å². The third kappa shape index (κ3) is 4.94. The van der Waals surface area contributed by atoms with Gasteiger partial charge in [0, 0.05) is 25.8 Å². The van der Waals surface area contributed by atoms with E-state index in [4.69, 9.17) is 10.5 Å². The number of aliphatic hydroxyl groups excluding tert-OH is 1. The summed E-state index contributed by atoms with van der Waals surface area (Å²) in [6.07, 6.45) is 5.57. The van der Waals surface area contributed by atoms with Gasteiger partial charge in [-0.3, -0.25) is 5.41 Å². The first-order valence-corrected chi connectivity index (χ1v) is 8.84. The van der Waals surface area contributed by atoms with E-state index in [1.54, 1.807) is 6.20 Å². The average Bonchev–Trinajstić information content (AvgIpc) is 3.16. The van der Waals surface area contributed by atoms with Crippen LogP contribution in [0.3, 0.4) is 0 Å². The van der Waals surface area contributed by atoms with Crippen molar-refractivity contribution in [2.75, 3.05) is 24.6 Å². The molecule has 2 aromatic heterocycles. The second-order valence-corrected chi connectivity index (χ2v) is 6.50. The largest absolute Gasteiger partial charge is 0.396 e. The molecule has 3 rings (SSSR count). The molecular weight excluding hydrogens is 354 g/mol. The maximum Gasteiger partial charge on any atom is 0.279 e. The smallest absolute Gasteiger partial charge is 0.279 e. The Balaban J connectivity index is 1.73. The molecule has 7 nitrogen and oxygen atoms in total. The molecule has 1 atom stereocenters. The fourth-order valence-electron chi connectivity index (χ4n) is 3.15. The maximum atomic E-state index is 12.4. The van der Waals surface area contributed by atoms with Crippen LogP contribution in [0.4, 0.5) is 14.6 Å². The van der Waals surface area contributed by atoms with Gasteiger partial charge in [-0.25, -0.2) is 23.7 Å². The minimum Gasteiger partial charge on any atom is -0.396 e. The van der Waals surface area contributed by atoms with Crippen LogP contribution in [0.2, 0.25) is 0 Å². The molecule has 0 spiro atoms. The van der Waals surface area contributed by atoms with E-state index < -0.39 is 12.1 Å². The Kier molecular flexibility index (Phi) is 6.23. The standard InChI is InChI=1S/C18H22F2N6O/c19-18(20)13(21)3-4-16-22-9-15(25-16)14-8-17(24-11-23-14)26-6-1-2-12(10-26)5-7-27/h3-4,8-9,11-12,18,21,27H,1-2,5-7,10H2,(H,22,25)/b4-3-,21-13?. The molecule has 3 N–H and O–H groups in total. The van der Waals surface area contributed by atoms with Crippen molar-refractivity contribution in [2.24, 2.45) is 5.92 Å². The first-order chi connectivity index (χ1) is 13.1. The number of rotatable bonds is 7. The molecule has 0 aromatic carbocycles. The molecule has 1 aliphatic rings. The summed E-state index contributed by atoms with van der Waals surface area (Å²) in [5.41, 5.74) is 0.533. The number of aliphatic hydroxyl groups is 1. The van der Waals surface area contributed by atoms with Gasteiger partial charge in [0.1, 0.15) is 18.0 Å². The van der Waals surface area contributed by atoms with Crippen molar-refractivity contribution in [1.82, 2.24) is 19.9 Å². The van der Waals surface area contributed by atoms with Gasteiger partial charge in [0.15, 0.2) is 0 Å². The topological polar surface area (TPSA) is 102 Å². The van der Waals surface area contributed by atoms with E-state index in [1.807, 2.05) is 6.07 Å². The number of halogens is 2. The second-order valence-electron chi connectivity index (χ2n) is 6.50. The lowest BCUT2D eigenvalue weighted by molar-refractivity contribution is 0.226. The Morgan fingerprint density at radius 2 is 2.26 bits per heavy atom. The summed E-state index contributed by atoms with van der Waals surface area (Å²) in [6, 6.07) is 1.86. The molecule has 9 heteroatoms. The summed E-state index contributed by atoms with van der Waals surface area (Å²) in [7, 11) is 0. The number of H-pyrrole nitrogens is 1. The molecule has 144 valence electrons. The maximum absolute atomic E-state index is 12.4. The van der Waals surface area contributed by atoms with Crippen LogP contribution in [0.1, 0.15) is 25.1 Å². The summed E-state index contributed by atoms with van der Waals surface area (Å²) in [5, 5.41) is 16.3. The lowest BCUT2D eigenvalue weighted by Crippen LogP contribution is -2.36. The number of nitrogens with zero attached hydrogens (tertiary/aromatic N) is 4. The molecule has 0 radical (unpaired) electrons. The molecule has 1 aliphatic heterocycles. The Labute approximate surface area is 155 Å². The van der Waals surface area contributed by atoms with E-state index in [1.165, 1.54) is 12.4 Å². The first kappa shape index (κ1) is 19.1. The second kappa shape index (κ2) is 8.81. The Morgan fingerprint density at radius 3 is 3.04 bits per heavy atom. The fourth-order valence-corrected chi connectivity index (χ4v) is 3.15. The van der Waals surface area contributed by atoms with Crippen molar-refractivity contribution in [3.05, 3.63) is 30.5 Å². The van der Waals surface area contributed by atoms with Gasteiger partial charge in [-0.1, -0.05) is 0 Å². The zero-order valence-corrected chi connectivity index (χ0v) is 14.8. The predicted octanol–water partition coefficient (Wildman–Crippen LogP) is 2.76. The third-order valence-corrected chi connectivity index (χ3v) is 4.56. The van der Waals surface area contributed by atoms with E-state index in [-0.39, 0.29) is 6.61 Å². The Bertz CT molecular complexity index is 805. The SMILES string of the molecule is N=C(/C=C\c1ncc(-c2cc(N3CCCC(CCO)C3)ncn2)[nH]1)C(F)F. The van der Waals surface area contributed by atoms with Gasteiger partial charge in [-0.2, -0.15) is 0 Å². The Hall–Kier alpha value is -2.68. The molecule has 2 aromatic rings. The van der Waals surface area contributed by atoms with Crippen LogP contribution >= 0.6 is 0 Å². The zero-order valence-electron chi connectivity index (χ0n) is 14.8. The fraction of sp³-hybridized carbons (Fsp3) is 0.444. The quantitative estimate of drug-likeness (QED) is 0.645. The zero-order chi connectivity index (χ0) is 19.2. The number of allylic oxidation sites excluding steroid dienone is 1. The Morgan fingerprint density at radius 1 is 1.41 bits per heavy atom. The number of piperidine rings is 1. The molecule has 0 aliphatic carbocycles. The highest BCUT2D eigenvalue weighted by atomic mass is 19.3. The number of aromatic amines is 1. The highest BCUT2D eigenvalue weighted by molar-refractivity contribution is 5.97. The molecule has 1 saturated heterocycles. The van der Waals surface area contributed by atoms with Crippen molar-refractivity contribution >= 4 is 17.6 Å². The van der Waals surface area contributed by atoms with Crippen LogP contribution in [0.25, 0.3) is 17.5 Å². The number of anilines is 1. The van der Waals surface area contributed by atoms with Crippen LogP contribution in [-0.4, -0.2) is 56.9 Å². The van der Waals surface area contributed by atoms with Crippen molar-refractivity contribution < 1.29 is 13.9 Å². The van der Waals surface area contributed by atoms with Crippen molar-refractivity contribution in [3.63, 3.8) is 0 Å². The van der Waals surface area contributed by atoms with Gasteiger partial charge in [-0.05, 0) is 37.3 Å². The summed E-state index contributed by atoms with van der Waals surface area (Å²) in [6.45, 7) is 1.95. The van der Waals surface area contributed by atoms with Gasteiger partial charge in [0.05, 0.1) is 23.3 Å². The number of alkyl halides is 2. The molecule has 0 saturated carbocycles. The van der Waals surface area contributed by atoms with Gasteiger partial charge >= 0.3 is 0 Å². The van der Waals surface area contributed by atoms with Crippen LogP contribution in [0.15, 0.2) is 24.7 Å². The first-order valence-electron chi connectivity index (χ1n) is 8.84. The van der Waals surface area contributed by atoms with Gasteiger partial charge in [-0.15, -0.1) is 0 Å². The van der Waals surface area contributed by atoms with E-state index in [9.17, 15) is 8.78 Å². The molecule has 0 amide bonds. The van der Waals surface area contributed by atoms with Crippen LogP contribution < -0.4 is 4.90 Å². The molecule has 3 heterocycles. The van der Waals surface area contributed by atoms with E-state index in [2.05, 4.69) is 24.8 Å². The number of aromatic nitrogens is 4. The monoisotopic (exact) mass is 376 g/mol. The van der Waals surface area contributed by atoms with Crippen LogP contribution in [-0.2, 0) is 0 Å². The minimum absolute atomic E-state index is 0.195. The summed E-state index contributed by atoms with van der Waals surface area (Å²) in [5.74, 6) is 1.64. The number of imidazole rings is 1. The van der Waals surface area contributed by atoms with Gasteiger partial charge in [0.25, 0.3) is 6.43 Å². The van der Waals surface area contributed by atoms with Crippen LogP contribution in [0.5, 0.6) is 0 Å². The van der Waals surface area contributed by atoms with Gasteiger partial charge < -0.3 is 15.0 Å². The van der Waals surface area contributed by atoms with E-state index in [0.717, 1.165) is 44.2 Å². The molecular formula is C18H22F2N6O. The number of hydrogen-bond acceptors (Lipinski definition) is 6. The highest BCUT2D eigenvalue weighted by Gasteiger charge is 2.21. The predicted molar refractivity (Wildman–Crippen MR) is 99.0 cm³/mol. The number of hydrogen-bond donors (Lipinski definition) is 3. The van der Waals surface area contributed by atoms with Crippen molar-refractivity contribution in [1.29, 1.82) is 5.41 Å². The normalized spacial score (nSPS) is 17.8. The van der Waals surface area contributed by atoms with Gasteiger partial charge in [0.2, 0.25) is 0 Å². The lowest BCUT2D eigenvalue weighted by Gasteiger charge is -2.33. The highest BCUT2D eigenvalue weighted by Crippen LogP contribution is 2.25. The molecule has 1 fully saturated rings. The molecule has 27 heavy (non-hydrogen) atoms. The summed E-state index contributed by atoms with van der Waals surface area (Å²) < 4.78 is 24.7. The van der Waals surface area contributed by atoms with Crippen LogP contribution in [0, 0.1) is 11.3 Å². The number of nitrogens with one attached hydrogen (secondary N) is 2. The summed E-state index contributed by atoms with van der Waals surface area (Å²) >= 11 is 0. The summed E-state index contributed by atoms with van der Waals surface area (Å²) in [4.78, 5) is 17.9. The van der Waals surface area contributed by atoms with E-state index in [0.29, 0.717) is 23.1 Å². The molecule has 1 unspecified atom stereocenters. The average molecular weight is 376 g/mol. The van der Waals surface area contributed by atoms with E-state index >= 15 is 0 Å². The van der Waals surface area contributed by atoms with Crippen molar-refractivity contribution in [3.8, 4) is 11.4 Å². The third-order valence-electron chi connectivity index (χ3n) is 4.56.